The van der Waals surface area contributed by atoms with Crippen LogP contribution >= 0.6 is 7.82 Å². The molecule has 0 aromatic heterocycles. The second-order valence-electron chi connectivity index (χ2n) is 7.74. The molecule has 2 aliphatic rings. The molecule has 0 bridgehead atoms. The van der Waals surface area contributed by atoms with Gasteiger partial charge < -0.3 is 61.2 Å². The number of carboxylic acid groups (broad SMARTS) is 1. The Morgan fingerprint density at radius 3 is 2.38 bits per heavy atom. The monoisotopic (exact) mass is 520 g/mol. The van der Waals surface area contributed by atoms with Crippen LogP contribution in [0.25, 0.3) is 0 Å². The molecule has 17 nitrogen and oxygen atoms in total. The SMILES string of the molecule is NCC(=O)NC1C(O)CC(OP(=O)(O)OC[C@H]2OCC(O)C2O)(C(=O)O)OC1C(O)[C@H](O)CO. The van der Waals surface area contributed by atoms with Gasteiger partial charge >= 0.3 is 13.8 Å². The van der Waals surface area contributed by atoms with Crippen molar-refractivity contribution in [3.05, 3.63) is 0 Å². The first-order chi connectivity index (χ1) is 15.8. The Hall–Kier alpha value is -1.31. The van der Waals surface area contributed by atoms with Crippen molar-refractivity contribution in [1.82, 2.24) is 5.32 Å². The highest BCUT2D eigenvalue weighted by Crippen LogP contribution is 2.51. The number of phosphoric acid groups is 1. The molecule has 2 heterocycles. The molecule has 2 aliphatic heterocycles. The number of aliphatic hydroxyl groups is 6. The third-order valence-corrected chi connectivity index (χ3v) is 6.25. The summed E-state index contributed by atoms with van der Waals surface area (Å²) in [5.74, 6) is -6.04. The Kier molecular flexibility index (Phi) is 9.88. The fraction of sp³-hybridized carbons (Fsp3) is 0.875. The highest BCUT2D eigenvalue weighted by Gasteiger charge is 2.58. The fourth-order valence-electron chi connectivity index (χ4n) is 3.42. The molecule has 198 valence electrons. The van der Waals surface area contributed by atoms with E-state index >= 15 is 0 Å². The lowest BCUT2D eigenvalue weighted by atomic mass is 9.88. The molecule has 10 atom stereocenters. The van der Waals surface area contributed by atoms with Gasteiger partial charge in [-0.1, -0.05) is 0 Å². The summed E-state index contributed by atoms with van der Waals surface area (Å²) in [5, 5.41) is 70.7. The molecule has 0 radical (unpaired) electrons. The molecule has 11 N–H and O–H groups in total. The van der Waals surface area contributed by atoms with E-state index < -0.39 is 100 Å². The van der Waals surface area contributed by atoms with Gasteiger partial charge in [-0.3, -0.25) is 9.32 Å². The summed E-state index contributed by atoms with van der Waals surface area (Å²) in [6, 6.07) is -1.58. The number of nitrogens with two attached hydrogens (primary N) is 1. The molecular weight excluding hydrogens is 491 g/mol. The van der Waals surface area contributed by atoms with Crippen molar-refractivity contribution in [3.8, 4) is 0 Å². The molecule has 1 amide bonds. The predicted octanol–water partition coefficient (Wildman–Crippen LogP) is -5.67. The van der Waals surface area contributed by atoms with Gasteiger partial charge in [-0.15, -0.1) is 0 Å². The number of ether oxygens (including phenoxy) is 2. The van der Waals surface area contributed by atoms with Crippen LogP contribution in [0.4, 0.5) is 0 Å². The number of aliphatic carboxylic acids is 1. The van der Waals surface area contributed by atoms with Gasteiger partial charge in [0.1, 0.15) is 36.6 Å². The largest absolute Gasteiger partial charge is 0.477 e. The molecule has 0 spiro atoms. The number of carbonyl (C=O) groups is 2. The van der Waals surface area contributed by atoms with Gasteiger partial charge in [0.2, 0.25) is 5.91 Å². The van der Waals surface area contributed by atoms with Crippen molar-refractivity contribution in [1.29, 1.82) is 0 Å². The number of aliphatic hydroxyl groups excluding tert-OH is 6. The first kappa shape index (κ1) is 28.9. The van der Waals surface area contributed by atoms with Crippen LogP contribution in [0.3, 0.4) is 0 Å². The minimum absolute atomic E-state index is 0.289. The standard InChI is InChI=1S/C16H29N2O15P/c17-2-10(23)18-11-6(20)1-16(15(26)27,32-14(11)13(25)7(21)3-19)33-34(28,29)31-5-9-12(24)8(22)4-30-9/h6-9,11-14,19-22,24-25H,1-5,17H2,(H,18,23)(H,26,27)(H,28,29)/t6?,7-,8?,9-,11?,12?,13?,14?,16?/m1/s1. The highest BCUT2D eigenvalue weighted by molar-refractivity contribution is 7.47. The van der Waals surface area contributed by atoms with Crippen LogP contribution in [0.1, 0.15) is 6.42 Å². The zero-order chi connectivity index (χ0) is 25.8. The number of hydrogen-bond donors (Lipinski definition) is 10. The highest BCUT2D eigenvalue weighted by atomic mass is 31.2. The van der Waals surface area contributed by atoms with Gasteiger partial charge in [-0.05, 0) is 0 Å². The van der Waals surface area contributed by atoms with E-state index in [0.717, 1.165) is 0 Å². The lowest BCUT2D eigenvalue weighted by Gasteiger charge is -2.46. The first-order valence-electron chi connectivity index (χ1n) is 9.98. The third kappa shape index (κ3) is 6.67. The van der Waals surface area contributed by atoms with Crippen molar-refractivity contribution in [2.45, 2.75) is 61.0 Å². The lowest BCUT2D eigenvalue weighted by Crippen LogP contribution is -2.68. The number of carboxylic acids is 1. The zero-order valence-electron chi connectivity index (χ0n) is 17.6. The summed E-state index contributed by atoms with van der Waals surface area (Å²) in [6.45, 7) is -2.71. The van der Waals surface area contributed by atoms with Crippen LogP contribution in [-0.2, 0) is 32.7 Å². The Bertz CT molecular complexity index is 773. The van der Waals surface area contributed by atoms with Crippen LogP contribution in [0.2, 0.25) is 0 Å². The van der Waals surface area contributed by atoms with Crippen LogP contribution < -0.4 is 11.1 Å². The summed E-state index contributed by atoms with van der Waals surface area (Å²) >= 11 is 0. The van der Waals surface area contributed by atoms with Crippen molar-refractivity contribution in [3.63, 3.8) is 0 Å². The number of carbonyl (C=O) groups excluding carboxylic acids is 1. The molecule has 34 heavy (non-hydrogen) atoms. The second-order valence-corrected chi connectivity index (χ2v) is 9.11. The molecule has 8 unspecified atom stereocenters. The van der Waals surface area contributed by atoms with Crippen molar-refractivity contribution in [2.24, 2.45) is 5.73 Å². The molecule has 18 heteroatoms. The summed E-state index contributed by atoms with van der Waals surface area (Å²) < 4.78 is 32.0. The third-order valence-electron chi connectivity index (χ3n) is 5.25. The van der Waals surface area contributed by atoms with Crippen molar-refractivity contribution in [2.75, 3.05) is 26.4 Å². The quantitative estimate of drug-likeness (QED) is 0.114. The van der Waals surface area contributed by atoms with Gasteiger partial charge in [-0.2, -0.15) is 0 Å². The lowest BCUT2D eigenvalue weighted by molar-refractivity contribution is -0.289. The second kappa shape index (κ2) is 11.6. The van der Waals surface area contributed by atoms with E-state index in [1.54, 1.807) is 0 Å². The van der Waals surface area contributed by atoms with E-state index in [4.69, 9.17) is 24.8 Å². The molecule has 2 rings (SSSR count). The molecule has 0 aromatic carbocycles. The maximum Gasteiger partial charge on any atom is 0.475 e. The fourth-order valence-corrected chi connectivity index (χ4v) is 4.38. The minimum atomic E-state index is -5.34. The average Bonchev–Trinajstić information content (AvgIpc) is 3.09. The summed E-state index contributed by atoms with van der Waals surface area (Å²) in [7, 11) is -5.34. The number of hydrogen-bond acceptors (Lipinski definition) is 14. The average molecular weight is 520 g/mol. The van der Waals surface area contributed by atoms with Crippen LogP contribution in [0, 0.1) is 0 Å². The van der Waals surface area contributed by atoms with E-state index in [1.807, 2.05) is 0 Å². The van der Waals surface area contributed by atoms with Crippen LogP contribution in [-0.4, -0.2) is 133 Å². The van der Waals surface area contributed by atoms with Gasteiger partial charge in [0, 0.05) is 6.42 Å². The van der Waals surface area contributed by atoms with Crippen molar-refractivity contribution < 1.29 is 73.3 Å². The summed E-state index contributed by atoms with van der Waals surface area (Å²) in [4.78, 5) is 33.8. The number of phosphoric ester groups is 1. The molecule has 0 aliphatic carbocycles. The first-order valence-corrected chi connectivity index (χ1v) is 11.5. The van der Waals surface area contributed by atoms with Crippen LogP contribution in [0.15, 0.2) is 0 Å². The van der Waals surface area contributed by atoms with Gasteiger partial charge in [0.25, 0.3) is 5.79 Å². The Labute approximate surface area is 192 Å². The van der Waals surface area contributed by atoms with E-state index in [2.05, 4.69) is 9.84 Å². The maximum atomic E-state index is 12.5. The van der Waals surface area contributed by atoms with E-state index in [0.29, 0.717) is 0 Å². The summed E-state index contributed by atoms with van der Waals surface area (Å²) in [5.41, 5.74) is 5.20. The number of nitrogens with one attached hydrogen (secondary N) is 1. The molecule has 0 saturated carbocycles. The number of amides is 1. The molecule has 0 aromatic rings. The maximum absolute atomic E-state index is 12.5. The van der Waals surface area contributed by atoms with Gasteiger partial charge in [0.05, 0.1) is 38.5 Å². The topological polar surface area (TPSA) is 288 Å². The van der Waals surface area contributed by atoms with E-state index in [9.17, 15) is 49.7 Å². The van der Waals surface area contributed by atoms with Crippen molar-refractivity contribution >= 4 is 19.7 Å². The number of rotatable bonds is 11. The Balaban J connectivity index is 2.27. The Morgan fingerprint density at radius 1 is 1.24 bits per heavy atom. The van der Waals surface area contributed by atoms with Crippen LogP contribution in [0.5, 0.6) is 0 Å². The van der Waals surface area contributed by atoms with Gasteiger partial charge in [0.15, 0.2) is 0 Å². The summed E-state index contributed by atoms with van der Waals surface area (Å²) in [6.07, 6.45) is -13.0. The molecule has 2 fully saturated rings. The normalized spacial score (nSPS) is 37.5. The molecular formula is C16H29N2O15P. The van der Waals surface area contributed by atoms with E-state index in [1.165, 1.54) is 0 Å². The smallest absolute Gasteiger partial charge is 0.475 e. The molecule has 2 saturated heterocycles. The van der Waals surface area contributed by atoms with Gasteiger partial charge in [-0.25, -0.2) is 13.9 Å². The minimum Gasteiger partial charge on any atom is -0.477 e. The Morgan fingerprint density at radius 2 is 1.88 bits per heavy atom. The van der Waals surface area contributed by atoms with E-state index in [-0.39, 0.29) is 6.61 Å². The predicted molar refractivity (Wildman–Crippen MR) is 105 cm³/mol. The zero-order valence-corrected chi connectivity index (χ0v) is 18.5.